The summed E-state index contributed by atoms with van der Waals surface area (Å²) in [4.78, 5) is 14.9. The molecule has 0 spiro atoms. The van der Waals surface area contributed by atoms with Gasteiger partial charge in [0.2, 0.25) is 10.0 Å². The van der Waals surface area contributed by atoms with Crippen LogP contribution in [0.5, 0.6) is 5.75 Å². The summed E-state index contributed by atoms with van der Waals surface area (Å²) >= 11 is 0. The SMILES string of the molecule is COc1ccc(COC(=O)c2cc(S(=O)(=O)N(C)C)ccc2N2CCCC2)cc1F. The van der Waals surface area contributed by atoms with Gasteiger partial charge in [-0.3, -0.25) is 0 Å². The first kappa shape index (κ1) is 22.0. The molecule has 0 aromatic heterocycles. The number of esters is 1. The monoisotopic (exact) mass is 436 g/mol. The van der Waals surface area contributed by atoms with Crippen LogP contribution in [0.1, 0.15) is 28.8 Å². The van der Waals surface area contributed by atoms with Gasteiger partial charge in [0.1, 0.15) is 6.61 Å². The number of halogens is 1. The molecule has 0 saturated carbocycles. The van der Waals surface area contributed by atoms with E-state index in [0.29, 0.717) is 11.3 Å². The van der Waals surface area contributed by atoms with Gasteiger partial charge in [-0.15, -0.1) is 0 Å². The number of benzene rings is 2. The Labute approximate surface area is 176 Å². The van der Waals surface area contributed by atoms with E-state index in [1.54, 1.807) is 12.1 Å². The second-order valence-electron chi connectivity index (χ2n) is 7.21. The average molecular weight is 437 g/mol. The molecule has 3 rings (SSSR count). The number of sulfonamides is 1. The van der Waals surface area contributed by atoms with Crippen LogP contribution in [0, 0.1) is 5.82 Å². The Morgan fingerprint density at radius 2 is 1.83 bits per heavy atom. The Kier molecular flexibility index (Phi) is 6.62. The van der Waals surface area contributed by atoms with Crippen LogP contribution < -0.4 is 9.64 Å². The van der Waals surface area contributed by atoms with Crippen LogP contribution in [0.2, 0.25) is 0 Å². The molecule has 0 unspecified atom stereocenters. The van der Waals surface area contributed by atoms with Crippen LogP contribution >= 0.6 is 0 Å². The largest absolute Gasteiger partial charge is 0.494 e. The lowest BCUT2D eigenvalue weighted by atomic mass is 10.1. The highest BCUT2D eigenvalue weighted by Gasteiger charge is 2.25. The van der Waals surface area contributed by atoms with Crippen molar-refractivity contribution >= 4 is 21.7 Å². The van der Waals surface area contributed by atoms with Crippen molar-refractivity contribution in [1.82, 2.24) is 4.31 Å². The first-order valence-electron chi connectivity index (χ1n) is 9.55. The minimum atomic E-state index is -3.71. The third-order valence-electron chi connectivity index (χ3n) is 5.00. The maximum Gasteiger partial charge on any atom is 0.340 e. The predicted octanol–water partition coefficient (Wildman–Crippen LogP) is 3.04. The van der Waals surface area contributed by atoms with Crippen molar-refractivity contribution in [3.63, 3.8) is 0 Å². The molecule has 162 valence electrons. The summed E-state index contributed by atoms with van der Waals surface area (Å²) in [5.74, 6) is -1.12. The molecule has 30 heavy (non-hydrogen) atoms. The van der Waals surface area contributed by atoms with Gasteiger partial charge in [0, 0.05) is 27.2 Å². The number of rotatable bonds is 7. The molecule has 2 aromatic carbocycles. The van der Waals surface area contributed by atoms with Gasteiger partial charge < -0.3 is 14.4 Å². The first-order valence-corrected chi connectivity index (χ1v) is 11.0. The highest BCUT2D eigenvalue weighted by atomic mass is 32.2. The summed E-state index contributed by atoms with van der Waals surface area (Å²) in [5, 5.41) is 0. The number of ether oxygens (including phenoxy) is 2. The molecule has 9 heteroatoms. The zero-order chi connectivity index (χ0) is 21.9. The molecule has 7 nitrogen and oxygen atoms in total. The second kappa shape index (κ2) is 9.01. The minimum Gasteiger partial charge on any atom is -0.494 e. The van der Waals surface area contributed by atoms with Gasteiger partial charge in [-0.05, 0) is 48.7 Å². The molecule has 1 aliphatic rings. The van der Waals surface area contributed by atoms with Crippen LogP contribution in [-0.2, 0) is 21.4 Å². The van der Waals surface area contributed by atoms with Crippen molar-refractivity contribution in [3.05, 3.63) is 53.3 Å². The molecule has 1 heterocycles. The molecule has 2 aromatic rings. The fourth-order valence-corrected chi connectivity index (χ4v) is 4.24. The lowest BCUT2D eigenvalue weighted by molar-refractivity contribution is 0.0472. The summed E-state index contributed by atoms with van der Waals surface area (Å²) < 4.78 is 50.3. The third-order valence-corrected chi connectivity index (χ3v) is 6.81. The maximum absolute atomic E-state index is 13.9. The van der Waals surface area contributed by atoms with Gasteiger partial charge in [0.25, 0.3) is 0 Å². The lowest BCUT2D eigenvalue weighted by Gasteiger charge is -2.22. The van der Waals surface area contributed by atoms with Gasteiger partial charge in [-0.25, -0.2) is 21.9 Å². The van der Waals surface area contributed by atoms with Crippen molar-refractivity contribution in [2.24, 2.45) is 0 Å². The first-order chi connectivity index (χ1) is 14.2. The van der Waals surface area contributed by atoms with Crippen molar-refractivity contribution in [1.29, 1.82) is 0 Å². The van der Waals surface area contributed by atoms with Gasteiger partial charge in [0.15, 0.2) is 11.6 Å². The summed E-state index contributed by atoms with van der Waals surface area (Å²) in [5.41, 5.74) is 1.27. The van der Waals surface area contributed by atoms with Gasteiger partial charge in [-0.1, -0.05) is 6.07 Å². The topological polar surface area (TPSA) is 76.1 Å². The zero-order valence-electron chi connectivity index (χ0n) is 17.2. The molecular formula is C21H25FN2O5S. The predicted molar refractivity (Wildman–Crippen MR) is 111 cm³/mol. The highest BCUT2D eigenvalue weighted by molar-refractivity contribution is 7.89. The van der Waals surface area contributed by atoms with Crippen molar-refractivity contribution < 1.29 is 27.1 Å². The number of nitrogens with zero attached hydrogens (tertiary/aromatic N) is 2. The Bertz CT molecular complexity index is 1030. The average Bonchev–Trinajstić information content (AvgIpc) is 3.26. The minimum absolute atomic E-state index is 0.0119. The van der Waals surface area contributed by atoms with E-state index in [0.717, 1.165) is 30.2 Å². The van der Waals surface area contributed by atoms with Crippen LogP contribution in [0.25, 0.3) is 0 Å². The van der Waals surface area contributed by atoms with E-state index in [4.69, 9.17) is 9.47 Å². The van der Waals surface area contributed by atoms with E-state index in [-0.39, 0.29) is 22.8 Å². The number of carbonyl (C=O) groups excluding carboxylic acids is 1. The smallest absolute Gasteiger partial charge is 0.340 e. The molecule has 0 amide bonds. The number of hydrogen-bond acceptors (Lipinski definition) is 6. The van der Waals surface area contributed by atoms with Crippen molar-refractivity contribution in [3.8, 4) is 5.75 Å². The molecule has 0 radical (unpaired) electrons. The molecule has 0 bridgehead atoms. The number of hydrogen-bond donors (Lipinski definition) is 0. The van der Waals surface area contributed by atoms with E-state index >= 15 is 0 Å². The fraction of sp³-hybridized carbons (Fsp3) is 0.381. The van der Waals surface area contributed by atoms with Crippen LogP contribution in [0.4, 0.5) is 10.1 Å². The van der Waals surface area contributed by atoms with E-state index in [2.05, 4.69) is 0 Å². The molecule has 0 aliphatic carbocycles. The standard InChI is InChI=1S/C21H25FN2O5S/c1-23(2)30(26,27)16-7-8-19(24-10-4-5-11-24)17(13-16)21(25)29-14-15-6-9-20(28-3)18(22)12-15/h6-9,12-13H,4-5,10-11,14H2,1-3H3. The summed E-state index contributed by atoms with van der Waals surface area (Å²) in [6.45, 7) is 1.41. The number of methoxy groups -OCH3 is 1. The van der Waals surface area contributed by atoms with Crippen LogP contribution in [0.3, 0.4) is 0 Å². The molecular weight excluding hydrogens is 411 g/mol. The van der Waals surface area contributed by atoms with E-state index in [1.165, 1.54) is 45.5 Å². The van der Waals surface area contributed by atoms with Gasteiger partial charge >= 0.3 is 5.97 Å². The third kappa shape index (κ3) is 4.57. The molecule has 1 fully saturated rings. The molecule has 0 N–H and O–H groups in total. The lowest BCUT2D eigenvalue weighted by Crippen LogP contribution is -2.24. The van der Waals surface area contributed by atoms with E-state index in [9.17, 15) is 17.6 Å². The van der Waals surface area contributed by atoms with Crippen molar-refractivity contribution in [2.45, 2.75) is 24.3 Å². The van der Waals surface area contributed by atoms with Crippen LogP contribution in [0.15, 0.2) is 41.3 Å². The maximum atomic E-state index is 13.9. The van der Waals surface area contributed by atoms with Crippen LogP contribution in [-0.4, -0.2) is 53.0 Å². The Hall–Kier alpha value is -2.65. The Balaban J connectivity index is 1.89. The Morgan fingerprint density at radius 3 is 2.43 bits per heavy atom. The molecule has 1 aliphatic heterocycles. The zero-order valence-corrected chi connectivity index (χ0v) is 18.0. The van der Waals surface area contributed by atoms with Gasteiger partial charge in [0.05, 0.1) is 23.3 Å². The van der Waals surface area contributed by atoms with E-state index < -0.39 is 21.8 Å². The number of anilines is 1. The number of carbonyl (C=O) groups is 1. The van der Waals surface area contributed by atoms with Gasteiger partial charge in [-0.2, -0.15) is 0 Å². The second-order valence-corrected chi connectivity index (χ2v) is 9.36. The fourth-order valence-electron chi connectivity index (χ4n) is 3.31. The summed E-state index contributed by atoms with van der Waals surface area (Å²) in [6.07, 6.45) is 1.99. The molecule has 1 saturated heterocycles. The van der Waals surface area contributed by atoms with Crippen molar-refractivity contribution in [2.75, 3.05) is 39.2 Å². The normalized spacial score (nSPS) is 14.2. The van der Waals surface area contributed by atoms with E-state index in [1.807, 2.05) is 4.90 Å². The summed E-state index contributed by atoms with van der Waals surface area (Å²) in [7, 11) is 0.519. The quantitative estimate of drug-likeness (QED) is 0.621. The molecule has 0 atom stereocenters. The summed E-state index contributed by atoms with van der Waals surface area (Å²) in [6, 6.07) is 8.78. The highest BCUT2D eigenvalue weighted by Crippen LogP contribution is 2.29. The Morgan fingerprint density at radius 1 is 1.13 bits per heavy atom.